The zero-order valence-electron chi connectivity index (χ0n) is 17.2. The summed E-state index contributed by atoms with van der Waals surface area (Å²) in [4.78, 5) is 29.3. The van der Waals surface area contributed by atoms with Crippen LogP contribution in [0.5, 0.6) is 0 Å². The van der Waals surface area contributed by atoms with Crippen LogP contribution in [0.1, 0.15) is 110 Å². The van der Waals surface area contributed by atoms with Gasteiger partial charge in [0, 0.05) is 12.8 Å². The Hall–Kier alpha value is -1.72. The second-order valence-corrected chi connectivity index (χ2v) is 7.71. The van der Waals surface area contributed by atoms with Gasteiger partial charge in [-0.2, -0.15) is 4.98 Å². The summed E-state index contributed by atoms with van der Waals surface area (Å²) in [6.07, 6.45) is 17.0. The molecule has 0 atom stereocenters. The van der Waals surface area contributed by atoms with Crippen LogP contribution >= 0.6 is 0 Å². The number of aromatic nitrogens is 3. The van der Waals surface area contributed by atoms with Crippen molar-refractivity contribution in [3.05, 3.63) is 6.33 Å². The summed E-state index contributed by atoms with van der Waals surface area (Å²) in [6.45, 7) is 4.47. The molecule has 0 spiro atoms. The highest BCUT2D eigenvalue weighted by atomic mass is 16.2. The molecular weight excluding hydrogens is 340 g/mol. The highest BCUT2D eigenvalue weighted by molar-refractivity contribution is 6.18. The Bertz CT molecular complexity index is 554. The number of anilines is 1. The molecule has 6 nitrogen and oxygen atoms in total. The van der Waals surface area contributed by atoms with Gasteiger partial charge in [-0.1, -0.05) is 78.1 Å². The second-order valence-electron chi connectivity index (χ2n) is 7.71. The summed E-state index contributed by atoms with van der Waals surface area (Å²) in [5, 5.41) is 4.51. The molecule has 2 rings (SSSR count). The van der Waals surface area contributed by atoms with Crippen molar-refractivity contribution in [2.75, 3.05) is 4.90 Å². The minimum Gasteiger partial charge on any atom is -0.274 e. The van der Waals surface area contributed by atoms with E-state index in [1.807, 2.05) is 4.68 Å². The van der Waals surface area contributed by atoms with Crippen LogP contribution < -0.4 is 4.90 Å². The molecular formula is C21H36N4O2. The first kappa shape index (κ1) is 21.6. The molecule has 1 aliphatic heterocycles. The largest absolute Gasteiger partial charge is 0.274 e. The van der Waals surface area contributed by atoms with Crippen LogP contribution in [0.15, 0.2) is 6.33 Å². The van der Waals surface area contributed by atoms with Crippen LogP contribution in [0.25, 0.3) is 0 Å². The molecule has 2 amide bonds. The van der Waals surface area contributed by atoms with Gasteiger partial charge in [-0.3, -0.25) is 9.59 Å². The lowest BCUT2D eigenvalue weighted by Gasteiger charge is -2.17. The van der Waals surface area contributed by atoms with Gasteiger partial charge in [0.2, 0.25) is 11.8 Å². The van der Waals surface area contributed by atoms with E-state index >= 15 is 0 Å². The number of hydrogen-bond acceptors (Lipinski definition) is 4. The molecule has 0 aliphatic carbocycles. The standard InChI is InChI=1S/C21H36N4O2/c1-3-5-7-9-11-13-18(14-12-10-8-6-4-2)24-17-22-21(23-24)25-19(26)15-16-20(25)27/h17-18H,3-16H2,1-2H3. The van der Waals surface area contributed by atoms with Gasteiger partial charge in [0.05, 0.1) is 6.04 Å². The summed E-state index contributed by atoms with van der Waals surface area (Å²) in [7, 11) is 0. The monoisotopic (exact) mass is 376 g/mol. The second kappa shape index (κ2) is 11.9. The van der Waals surface area contributed by atoms with E-state index in [-0.39, 0.29) is 30.6 Å². The van der Waals surface area contributed by atoms with Gasteiger partial charge in [-0.15, -0.1) is 5.10 Å². The minimum absolute atomic E-state index is 0.187. The third-order valence-corrected chi connectivity index (χ3v) is 5.40. The van der Waals surface area contributed by atoms with Crippen molar-refractivity contribution in [2.45, 2.75) is 110 Å². The molecule has 0 bridgehead atoms. The summed E-state index contributed by atoms with van der Waals surface area (Å²) in [5.74, 6) is -0.119. The first-order valence-electron chi connectivity index (χ1n) is 10.9. The number of carbonyl (C=O) groups excluding carboxylic acids is 2. The molecule has 152 valence electrons. The van der Waals surface area contributed by atoms with E-state index < -0.39 is 0 Å². The zero-order valence-corrected chi connectivity index (χ0v) is 17.2. The van der Waals surface area contributed by atoms with Crippen molar-refractivity contribution in [3.63, 3.8) is 0 Å². The third kappa shape index (κ3) is 6.74. The number of hydrogen-bond donors (Lipinski definition) is 0. The third-order valence-electron chi connectivity index (χ3n) is 5.40. The van der Waals surface area contributed by atoms with Crippen LogP contribution in [-0.4, -0.2) is 26.6 Å². The predicted octanol–water partition coefficient (Wildman–Crippen LogP) is 5.19. The van der Waals surface area contributed by atoms with Gasteiger partial charge in [0.1, 0.15) is 6.33 Å². The number of imide groups is 1. The smallest absolute Gasteiger partial charge is 0.258 e. The molecule has 0 aromatic carbocycles. The zero-order chi connectivity index (χ0) is 19.5. The molecule has 0 unspecified atom stereocenters. The molecule has 1 aromatic rings. The van der Waals surface area contributed by atoms with Crippen molar-refractivity contribution in [3.8, 4) is 0 Å². The van der Waals surface area contributed by atoms with Gasteiger partial charge in [0.15, 0.2) is 0 Å². The Kier molecular flexibility index (Phi) is 9.50. The number of unbranched alkanes of at least 4 members (excludes halogenated alkanes) is 8. The molecule has 0 radical (unpaired) electrons. The molecule has 1 aromatic heterocycles. The van der Waals surface area contributed by atoms with Gasteiger partial charge in [0.25, 0.3) is 5.95 Å². The average molecular weight is 377 g/mol. The van der Waals surface area contributed by atoms with Crippen molar-refractivity contribution in [1.29, 1.82) is 0 Å². The Balaban J connectivity index is 1.94. The lowest BCUT2D eigenvalue weighted by molar-refractivity contribution is -0.121. The van der Waals surface area contributed by atoms with E-state index in [9.17, 15) is 9.59 Å². The van der Waals surface area contributed by atoms with E-state index in [0.29, 0.717) is 6.04 Å². The van der Waals surface area contributed by atoms with Crippen LogP contribution in [0.4, 0.5) is 5.95 Å². The van der Waals surface area contributed by atoms with Crippen molar-refractivity contribution >= 4 is 17.8 Å². The maximum atomic E-state index is 11.9. The van der Waals surface area contributed by atoms with Crippen LogP contribution in [0, 0.1) is 0 Å². The summed E-state index contributed by atoms with van der Waals surface area (Å²) in [5.41, 5.74) is 0. The summed E-state index contributed by atoms with van der Waals surface area (Å²) in [6, 6.07) is 0.308. The SMILES string of the molecule is CCCCCCCC(CCCCCCC)n1cnc(N2C(=O)CCC2=O)n1. The van der Waals surface area contributed by atoms with Crippen LogP contribution in [-0.2, 0) is 9.59 Å². The first-order chi connectivity index (χ1) is 13.2. The molecule has 1 fully saturated rings. The highest BCUT2D eigenvalue weighted by Gasteiger charge is 2.33. The first-order valence-corrected chi connectivity index (χ1v) is 10.9. The van der Waals surface area contributed by atoms with Gasteiger partial charge < -0.3 is 0 Å². The van der Waals surface area contributed by atoms with E-state index in [4.69, 9.17) is 0 Å². The fourth-order valence-corrected chi connectivity index (χ4v) is 3.72. The molecule has 0 N–H and O–H groups in total. The van der Waals surface area contributed by atoms with Crippen molar-refractivity contribution in [2.24, 2.45) is 0 Å². The molecule has 6 heteroatoms. The van der Waals surface area contributed by atoms with E-state index in [0.717, 1.165) is 17.7 Å². The molecule has 2 heterocycles. The molecule has 27 heavy (non-hydrogen) atoms. The predicted molar refractivity (Wildman–Crippen MR) is 108 cm³/mol. The van der Waals surface area contributed by atoms with Crippen LogP contribution in [0.2, 0.25) is 0 Å². The number of amides is 2. The maximum absolute atomic E-state index is 11.9. The summed E-state index contributed by atoms with van der Waals surface area (Å²) < 4.78 is 1.90. The van der Waals surface area contributed by atoms with Gasteiger partial charge in [-0.25, -0.2) is 9.58 Å². The Morgan fingerprint density at radius 1 is 0.852 bits per heavy atom. The topological polar surface area (TPSA) is 68.1 Å². The molecule has 1 saturated heterocycles. The quantitative estimate of drug-likeness (QED) is 0.331. The van der Waals surface area contributed by atoms with E-state index in [1.165, 1.54) is 64.2 Å². The molecule has 1 aliphatic rings. The fourth-order valence-electron chi connectivity index (χ4n) is 3.72. The highest BCUT2D eigenvalue weighted by Crippen LogP contribution is 2.25. The van der Waals surface area contributed by atoms with Gasteiger partial charge in [-0.05, 0) is 12.8 Å². The lowest BCUT2D eigenvalue weighted by Crippen LogP contribution is -2.29. The number of rotatable bonds is 14. The van der Waals surface area contributed by atoms with E-state index in [2.05, 4.69) is 23.9 Å². The lowest BCUT2D eigenvalue weighted by atomic mass is 10.0. The van der Waals surface area contributed by atoms with Crippen LogP contribution in [0.3, 0.4) is 0 Å². The van der Waals surface area contributed by atoms with Crippen molar-refractivity contribution < 1.29 is 9.59 Å². The number of nitrogens with zero attached hydrogens (tertiary/aromatic N) is 4. The van der Waals surface area contributed by atoms with Gasteiger partial charge >= 0.3 is 0 Å². The fraction of sp³-hybridized carbons (Fsp3) is 0.810. The maximum Gasteiger partial charge on any atom is 0.258 e. The number of carbonyl (C=O) groups is 2. The van der Waals surface area contributed by atoms with Crippen molar-refractivity contribution in [1.82, 2.24) is 14.8 Å². The Labute approximate surface area is 163 Å². The summed E-state index contributed by atoms with van der Waals surface area (Å²) >= 11 is 0. The molecule has 0 saturated carbocycles. The minimum atomic E-state index is -0.187. The Morgan fingerprint density at radius 3 is 1.89 bits per heavy atom. The average Bonchev–Trinajstić information content (AvgIpc) is 3.26. The Morgan fingerprint density at radius 2 is 1.37 bits per heavy atom. The van der Waals surface area contributed by atoms with E-state index in [1.54, 1.807) is 6.33 Å². The normalized spacial score (nSPS) is 14.7.